The monoisotopic (exact) mass is 571 g/mol. The first-order valence-electron chi connectivity index (χ1n) is 11.9. The number of thioether (sulfide) groups is 1. The summed E-state index contributed by atoms with van der Waals surface area (Å²) in [5, 5.41) is 5.25. The molecule has 38 heavy (non-hydrogen) atoms. The Morgan fingerprint density at radius 2 is 1.92 bits per heavy atom. The molecule has 1 unspecified atom stereocenters. The van der Waals surface area contributed by atoms with E-state index in [0.29, 0.717) is 23.9 Å². The molecule has 1 aromatic heterocycles. The van der Waals surface area contributed by atoms with E-state index < -0.39 is 10.1 Å². The van der Waals surface area contributed by atoms with Gasteiger partial charge in [0.2, 0.25) is 0 Å². The van der Waals surface area contributed by atoms with Crippen molar-refractivity contribution in [1.82, 2.24) is 0 Å². The van der Waals surface area contributed by atoms with Crippen molar-refractivity contribution in [2.75, 3.05) is 25.3 Å². The molecule has 198 valence electrons. The Labute approximate surface area is 230 Å². The second-order valence-electron chi connectivity index (χ2n) is 8.53. The standard InChI is InChI=1S/C27H26N2O6S3/c1-33-21-16-19-24(17-22(21)34-2)36-25(28-19)10-6-11-26-29(14-7-15-38(30,31)32)27-23(37-26)13-12-20(35-27)18-8-4-3-5-9-18/h3-6,8-13,16-17,20H,7,14-15H2,1-2H3,(H,30,31,32)/p+1. The molecular formula is C27H27N2O6S3+. The first kappa shape index (κ1) is 26.4. The second-order valence-corrected chi connectivity index (χ2v) is 12.2. The van der Waals surface area contributed by atoms with Gasteiger partial charge in [-0.3, -0.25) is 4.55 Å². The normalized spacial score (nSPS) is 17.2. The molecule has 0 fully saturated rings. The van der Waals surface area contributed by atoms with Crippen molar-refractivity contribution in [2.45, 2.75) is 24.0 Å². The van der Waals surface area contributed by atoms with Crippen molar-refractivity contribution >= 4 is 51.1 Å². The Hall–Kier alpha value is -3.25. The van der Waals surface area contributed by atoms with Crippen LogP contribution in [0.25, 0.3) is 12.2 Å². The number of anilines is 1. The van der Waals surface area contributed by atoms with Crippen LogP contribution in [0.2, 0.25) is 0 Å². The maximum Gasteiger partial charge on any atom is 0.387 e. The van der Waals surface area contributed by atoms with Crippen LogP contribution < -0.4 is 24.1 Å². The topological polar surface area (TPSA) is 98.0 Å². The van der Waals surface area contributed by atoms with Crippen LogP contribution in [0.5, 0.6) is 17.4 Å². The Morgan fingerprint density at radius 1 is 1.16 bits per heavy atom. The number of allylic oxidation sites excluding steroid dienone is 2. The molecule has 1 atom stereocenters. The van der Waals surface area contributed by atoms with Gasteiger partial charge < -0.3 is 19.5 Å². The number of hydrogen-bond donors (Lipinski definition) is 2. The minimum atomic E-state index is -4.05. The second kappa shape index (κ2) is 11.2. The highest BCUT2D eigenvalue weighted by Crippen LogP contribution is 2.46. The lowest BCUT2D eigenvalue weighted by molar-refractivity contribution is -0.699. The van der Waals surface area contributed by atoms with Crippen molar-refractivity contribution in [3.05, 3.63) is 81.2 Å². The van der Waals surface area contributed by atoms with Gasteiger partial charge >= 0.3 is 5.88 Å². The molecule has 2 aliphatic rings. The zero-order valence-electron chi connectivity index (χ0n) is 20.8. The molecule has 0 radical (unpaired) electrons. The third kappa shape index (κ3) is 5.91. The van der Waals surface area contributed by atoms with E-state index in [0.717, 1.165) is 31.1 Å². The number of nitrogens with zero attached hydrogens (tertiary/aromatic N) is 1. The van der Waals surface area contributed by atoms with Crippen molar-refractivity contribution in [3.8, 4) is 17.4 Å². The number of thiazole rings is 1. The van der Waals surface area contributed by atoms with E-state index in [2.05, 4.69) is 5.32 Å². The first-order chi connectivity index (χ1) is 18.3. The molecule has 3 aromatic rings. The quantitative estimate of drug-likeness (QED) is 0.255. The lowest BCUT2D eigenvalue weighted by Gasteiger charge is -2.17. The molecular weight excluding hydrogens is 545 g/mol. The van der Waals surface area contributed by atoms with Crippen molar-refractivity contribution < 1.29 is 31.7 Å². The highest BCUT2D eigenvalue weighted by atomic mass is 32.2. The van der Waals surface area contributed by atoms with E-state index in [1.165, 1.54) is 0 Å². The van der Waals surface area contributed by atoms with E-state index in [9.17, 15) is 13.0 Å². The maximum absolute atomic E-state index is 11.3. The average Bonchev–Trinajstić information content (AvgIpc) is 3.47. The molecule has 0 saturated heterocycles. The lowest BCUT2D eigenvalue weighted by Crippen LogP contribution is -2.38. The van der Waals surface area contributed by atoms with E-state index in [4.69, 9.17) is 14.2 Å². The minimum absolute atomic E-state index is 0.239. The molecule has 2 N–H and O–H groups in total. The molecule has 0 amide bonds. The SMILES string of the molecule is COc1cc2c(cc1OC)SC(=CC=Cc1sc3c([n+]1CCCS(=O)(=O)O)OC(c1ccccc1)C=C3)N2. The fourth-order valence-electron chi connectivity index (χ4n) is 4.18. The maximum atomic E-state index is 11.3. The number of nitrogens with one attached hydrogen (secondary N) is 1. The summed E-state index contributed by atoms with van der Waals surface area (Å²) in [6.45, 7) is 0.384. The molecule has 5 rings (SSSR count). The number of rotatable bonds is 9. The molecule has 8 nitrogen and oxygen atoms in total. The summed E-state index contributed by atoms with van der Waals surface area (Å²) in [4.78, 5) is 2.00. The molecule has 2 aliphatic heterocycles. The summed E-state index contributed by atoms with van der Waals surface area (Å²) in [7, 11) is -0.826. The molecule has 0 bridgehead atoms. The van der Waals surface area contributed by atoms with E-state index in [1.807, 2.05) is 77.4 Å². The average molecular weight is 572 g/mol. The number of benzene rings is 2. The van der Waals surface area contributed by atoms with Gasteiger partial charge in [-0.25, -0.2) is 0 Å². The summed E-state index contributed by atoms with van der Waals surface area (Å²) >= 11 is 3.16. The molecule has 11 heteroatoms. The smallest absolute Gasteiger partial charge is 0.387 e. The van der Waals surface area contributed by atoms with Gasteiger partial charge in [-0.2, -0.15) is 13.0 Å². The van der Waals surface area contributed by atoms with Crippen LogP contribution in [0.1, 0.15) is 28.0 Å². The Morgan fingerprint density at radius 3 is 2.66 bits per heavy atom. The molecule has 3 heterocycles. The third-order valence-corrected chi connectivity index (χ3v) is 8.88. The van der Waals surface area contributed by atoms with Gasteiger partial charge in [0, 0.05) is 29.5 Å². The fraction of sp³-hybridized carbons (Fsp3) is 0.222. The highest BCUT2D eigenvalue weighted by molar-refractivity contribution is 8.03. The molecule has 0 spiro atoms. The number of aromatic nitrogens is 1. The van der Waals surface area contributed by atoms with E-state index >= 15 is 0 Å². The van der Waals surface area contributed by atoms with Crippen molar-refractivity contribution in [2.24, 2.45) is 0 Å². The summed E-state index contributed by atoms with van der Waals surface area (Å²) in [6, 6.07) is 13.8. The van der Waals surface area contributed by atoms with Crippen LogP contribution in [-0.2, 0) is 16.7 Å². The summed E-state index contributed by atoms with van der Waals surface area (Å²) < 4.78 is 51.0. The minimum Gasteiger partial charge on any atom is -0.493 e. The molecule has 2 aromatic carbocycles. The van der Waals surface area contributed by atoms with Gasteiger partial charge in [0.05, 0.1) is 30.7 Å². The zero-order valence-corrected chi connectivity index (χ0v) is 23.2. The van der Waals surface area contributed by atoms with E-state index in [-0.39, 0.29) is 18.3 Å². The summed E-state index contributed by atoms with van der Waals surface area (Å²) in [5.41, 5.74) is 1.98. The van der Waals surface area contributed by atoms with Crippen LogP contribution in [0.3, 0.4) is 0 Å². The third-order valence-electron chi connectivity index (χ3n) is 5.96. The predicted molar refractivity (Wildman–Crippen MR) is 151 cm³/mol. The van der Waals surface area contributed by atoms with Crippen molar-refractivity contribution in [1.29, 1.82) is 0 Å². The number of hydrogen-bond acceptors (Lipinski definition) is 8. The number of methoxy groups -OCH3 is 2. The van der Waals surface area contributed by atoms with Crippen LogP contribution in [0.4, 0.5) is 5.69 Å². The lowest BCUT2D eigenvalue weighted by atomic mass is 10.1. The Kier molecular flexibility index (Phi) is 7.80. The highest BCUT2D eigenvalue weighted by Gasteiger charge is 2.31. The van der Waals surface area contributed by atoms with Crippen LogP contribution in [-0.4, -0.2) is 32.9 Å². The zero-order chi connectivity index (χ0) is 26.7. The van der Waals surface area contributed by atoms with Crippen LogP contribution in [0.15, 0.2) is 70.6 Å². The number of ether oxygens (including phenoxy) is 3. The predicted octanol–water partition coefficient (Wildman–Crippen LogP) is 5.55. The van der Waals surface area contributed by atoms with Crippen LogP contribution in [0, 0.1) is 0 Å². The fourth-order valence-corrected chi connectivity index (χ4v) is 6.65. The van der Waals surface area contributed by atoms with Gasteiger partial charge in [-0.1, -0.05) is 59.5 Å². The van der Waals surface area contributed by atoms with Gasteiger partial charge in [-0.05, 0) is 23.8 Å². The van der Waals surface area contributed by atoms with Gasteiger partial charge in [0.1, 0.15) is 11.0 Å². The summed E-state index contributed by atoms with van der Waals surface area (Å²) in [6.07, 6.45) is 9.99. The first-order valence-corrected chi connectivity index (χ1v) is 15.1. The molecule has 0 aliphatic carbocycles. The van der Waals surface area contributed by atoms with Crippen LogP contribution >= 0.6 is 23.1 Å². The Bertz CT molecular complexity index is 1490. The van der Waals surface area contributed by atoms with Gasteiger partial charge in [0.15, 0.2) is 18.0 Å². The summed E-state index contributed by atoms with van der Waals surface area (Å²) in [5.74, 6) is 1.71. The van der Waals surface area contributed by atoms with Crippen molar-refractivity contribution in [3.63, 3.8) is 0 Å². The molecule has 0 saturated carbocycles. The van der Waals surface area contributed by atoms with Gasteiger partial charge in [-0.15, -0.1) is 0 Å². The van der Waals surface area contributed by atoms with E-state index in [1.54, 1.807) is 37.3 Å². The Balaban J connectivity index is 1.38. The number of fused-ring (bicyclic) bond motifs is 2. The van der Waals surface area contributed by atoms with Gasteiger partial charge in [0.25, 0.3) is 15.1 Å². The largest absolute Gasteiger partial charge is 0.493 e.